The van der Waals surface area contributed by atoms with Crippen LogP contribution in [0.3, 0.4) is 0 Å². The lowest BCUT2D eigenvalue weighted by Gasteiger charge is -2.23. The fraction of sp³-hybridized carbons (Fsp3) is 0.357. The zero-order valence-corrected chi connectivity index (χ0v) is 23.4. The van der Waals surface area contributed by atoms with E-state index in [1.165, 1.54) is 0 Å². The normalized spacial score (nSPS) is 11.2. The highest BCUT2D eigenvalue weighted by Crippen LogP contribution is 2.19. The molecule has 3 aromatic rings. The summed E-state index contributed by atoms with van der Waals surface area (Å²) in [5, 5.41) is 12.1. The second-order valence-corrected chi connectivity index (χ2v) is 11.0. The highest BCUT2D eigenvalue weighted by Gasteiger charge is 2.11. The summed E-state index contributed by atoms with van der Waals surface area (Å²) in [6.45, 7) is 6.03. The third-order valence-electron chi connectivity index (χ3n) is 6.25. The molecule has 2 N–H and O–H groups in total. The molecule has 10 nitrogen and oxygen atoms in total. The Labute approximate surface area is 238 Å². The molecular weight excluding hydrogens is 556 g/mol. The molecule has 0 aliphatic rings. The molecule has 0 unspecified atom stereocenters. The van der Waals surface area contributed by atoms with Gasteiger partial charge in [-0.2, -0.15) is 8.42 Å². The first-order valence-corrected chi connectivity index (χ1v) is 15.0. The lowest BCUT2D eigenvalue weighted by atomic mass is 10.1. The van der Waals surface area contributed by atoms with E-state index in [1.54, 1.807) is 12.2 Å². The average Bonchev–Trinajstić information content (AvgIpc) is 2.93. The van der Waals surface area contributed by atoms with Gasteiger partial charge in [-0.3, -0.25) is 14.1 Å². The summed E-state index contributed by atoms with van der Waals surface area (Å²) in [4.78, 5) is 29.5. The monoisotopic (exact) mass is 592 g/mol. The highest BCUT2D eigenvalue weighted by molar-refractivity contribution is 7.94. The molecule has 0 saturated carbocycles. The van der Waals surface area contributed by atoms with Crippen LogP contribution < -0.4 is 31.1 Å². The van der Waals surface area contributed by atoms with Gasteiger partial charge in [0.25, 0.3) is 10.1 Å². The Kier molecular flexibility index (Phi) is 13.0. The smallest absolute Gasteiger partial charge is 0.264 e. The van der Waals surface area contributed by atoms with Gasteiger partial charge >= 0.3 is 0 Å². The number of hydrogen-bond acceptors (Lipinski definition) is 10. The van der Waals surface area contributed by atoms with Crippen LogP contribution in [0.5, 0.6) is 0 Å². The average molecular weight is 593 g/mol. The zero-order valence-electron chi connectivity index (χ0n) is 21.8. The van der Waals surface area contributed by atoms with Crippen LogP contribution in [-0.2, 0) is 19.5 Å². The topological polar surface area (TPSA) is 134 Å². The molecule has 0 saturated heterocycles. The van der Waals surface area contributed by atoms with Gasteiger partial charge in [-0.15, -0.1) is 4.33 Å². The highest BCUT2D eigenvalue weighted by atomic mass is 32.2. The predicted octanol–water partition coefficient (Wildman–Crippen LogP) is 2.92. The van der Waals surface area contributed by atoms with E-state index in [1.807, 2.05) is 67.3 Å². The largest absolute Gasteiger partial charge is 0.372 e. The second-order valence-electron chi connectivity index (χ2n) is 8.78. The molecule has 0 bridgehead atoms. The Morgan fingerprint density at radius 1 is 0.825 bits per heavy atom. The van der Waals surface area contributed by atoms with Crippen LogP contribution >= 0.6 is 12.0 Å². The van der Waals surface area contributed by atoms with Crippen molar-refractivity contribution in [3.8, 4) is 0 Å². The molecule has 3 aromatic carbocycles. The van der Waals surface area contributed by atoms with Crippen molar-refractivity contribution in [2.45, 2.75) is 34.1 Å². The van der Waals surface area contributed by atoms with Crippen LogP contribution in [0.4, 0.5) is 11.4 Å². The fourth-order valence-corrected chi connectivity index (χ4v) is 5.22. The molecule has 0 atom stereocenters. The van der Waals surface area contributed by atoms with Crippen LogP contribution in [0.15, 0.2) is 58.1 Å². The van der Waals surface area contributed by atoms with Gasteiger partial charge in [-0.25, -0.2) is 5.26 Å². The maximum atomic E-state index is 12.7. The van der Waals surface area contributed by atoms with Gasteiger partial charge in [0, 0.05) is 31.0 Å². The quantitative estimate of drug-likeness (QED) is 0.0674. The second kappa shape index (κ2) is 15.7. The summed E-state index contributed by atoms with van der Waals surface area (Å²) in [7, 11) is -3.95. The number of benzene rings is 2. The summed E-state index contributed by atoms with van der Waals surface area (Å²) < 4.78 is 35.1. The van der Waals surface area contributed by atoms with Crippen molar-refractivity contribution in [1.82, 2.24) is 0 Å². The fourth-order valence-electron chi connectivity index (χ4n) is 4.10. The number of unbranched alkanes of at least 4 members (excludes halogenated alkanes) is 1. The van der Waals surface area contributed by atoms with Crippen molar-refractivity contribution in [3.63, 3.8) is 0 Å². The van der Waals surface area contributed by atoms with E-state index < -0.39 is 10.1 Å². The van der Waals surface area contributed by atoms with Gasteiger partial charge < -0.3 is 9.80 Å². The molecule has 0 aliphatic heterocycles. The minimum Gasteiger partial charge on any atom is -0.372 e. The molecule has 0 heterocycles. The Balaban J connectivity index is 0.00000560. The van der Waals surface area contributed by atoms with E-state index >= 15 is 0 Å². The van der Waals surface area contributed by atoms with Gasteiger partial charge in [0.2, 0.25) is 10.9 Å². The third kappa shape index (κ3) is 9.29. The van der Waals surface area contributed by atoms with Gasteiger partial charge in [0.1, 0.15) is 0 Å². The first-order chi connectivity index (χ1) is 18.7. The summed E-state index contributed by atoms with van der Waals surface area (Å²) >= 11 is 0.935. The van der Waals surface area contributed by atoms with Crippen LogP contribution in [0, 0.1) is 0 Å². The lowest BCUT2D eigenvalue weighted by Crippen LogP contribution is -2.64. The summed E-state index contributed by atoms with van der Waals surface area (Å²) in [6.07, 6.45) is 4.16. The summed E-state index contributed by atoms with van der Waals surface area (Å²) in [5.41, 5.74) is 2.72. The van der Waals surface area contributed by atoms with Crippen molar-refractivity contribution in [3.05, 3.63) is 90.5 Å². The molecule has 0 amide bonds. The minimum absolute atomic E-state index is 0. The van der Waals surface area contributed by atoms with Crippen molar-refractivity contribution < 1.29 is 27.6 Å². The van der Waals surface area contributed by atoms with Crippen molar-refractivity contribution in [2.24, 2.45) is 0 Å². The molecule has 0 radical (unpaired) electrons. The van der Waals surface area contributed by atoms with Crippen molar-refractivity contribution >= 4 is 45.7 Å². The maximum Gasteiger partial charge on any atom is 0.264 e. The SMILES string of the molecule is C.CCN(CCCCS(=O)(=O)O)c1ccc(C=c2c(=O)c(=Cc3ccc(N(CC)CSOOO)cc3)c2=O)cc1. The predicted molar refractivity (Wildman–Crippen MR) is 161 cm³/mol. The first-order valence-electron chi connectivity index (χ1n) is 12.4. The molecule has 0 aliphatic carbocycles. The molecule has 0 fully saturated rings. The number of nitrogens with zero attached hydrogens (tertiary/aromatic N) is 2. The summed E-state index contributed by atoms with van der Waals surface area (Å²) in [5.74, 6) is 0.173. The van der Waals surface area contributed by atoms with E-state index in [4.69, 9.17) is 9.81 Å². The Hall–Kier alpha value is -3.00. The van der Waals surface area contributed by atoms with Crippen LogP contribution in [0.25, 0.3) is 12.2 Å². The Bertz CT molecular complexity index is 1480. The zero-order chi connectivity index (χ0) is 28.4. The van der Waals surface area contributed by atoms with E-state index in [0.717, 1.165) is 41.1 Å². The maximum absolute atomic E-state index is 12.7. The Morgan fingerprint density at radius 3 is 1.73 bits per heavy atom. The van der Waals surface area contributed by atoms with Crippen molar-refractivity contribution in [2.75, 3.05) is 41.1 Å². The molecule has 12 heteroatoms. The van der Waals surface area contributed by atoms with Crippen LogP contribution in [-0.4, -0.2) is 49.5 Å². The van der Waals surface area contributed by atoms with Crippen LogP contribution in [0.1, 0.15) is 45.2 Å². The Morgan fingerprint density at radius 2 is 1.30 bits per heavy atom. The standard InChI is InChI=1S/C27H32N2O8S2.CH4/c1-3-28(15-5-6-16-39(33,34)35)22-11-7-20(8-12-22)17-24-26(30)25(27(24)31)18-21-9-13-23(14-10-21)29(4-2)19-38-37-36-32;/h7-14,17-18,32H,3-6,15-16,19H2,1-2H3,(H,33,34,35);1H4. The van der Waals surface area contributed by atoms with E-state index in [2.05, 4.69) is 14.3 Å². The first kappa shape index (κ1) is 33.2. The van der Waals surface area contributed by atoms with Gasteiger partial charge in [0.15, 0.2) is 0 Å². The molecular formula is C28H36N2O8S2. The van der Waals surface area contributed by atoms with E-state index in [9.17, 15) is 18.0 Å². The van der Waals surface area contributed by atoms with Gasteiger partial charge in [-0.05, 0) is 74.2 Å². The van der Waals surface area contributed by atoms with Gasteiger partial charge in [0.05, 0.1) is 34.1 Å². The van der Waals surface area contributed by atoms with E-state index in [0.29, 0.717) is 31.8 Å². The molecule has 0 aromatic heterocycles. The van der Waals surface area contributed by atoms with Crippen LogP contribution in [0.2, 0.25) is 0 Å². The van der Waals surface area contributed by atoms with Crippen molar-refractivity contribution in [1.29, 1.82) is 0 Å². The molecule has 40 heavy (non-hydrogen) atoms. The lowest BCUT2D eigenvalue weighted by molar-refractivity contribution is -0.432. The summed E-state index contributed by atoms with van der Waals surface area (Å²) in [6, 6.07) is 14.8. The van der Waals surface area contributed by atoms with E-state index in [-0.39, 0.29) is 34.5 Å². The number of hydrogen-bond donors (Lipinski definition) is 2. The third-order valence-corrected chi connectivity index (χ3v) is 7.63. The molecule has 0 spiro atoms. The molecule has 218 valence electrons. The number of rotatable bonds is 15. The van der Waals surface area contributed by atoms with Gasteiger partial charge in [-0.1, -0.05) is 36.7 Å². The number of anilines is 2. The minimum atomic E-state index is -3.95. The molecule has 3 rings (SSSR count).